The van der Waals surface area contributed by atoms with Gasteiger partial charge in [0, 0.05) is 17.4 Å². The molecule has 0 saturated carbocycles. The molecule has 0 aliphatic rings. The highest BCUT2D eigenvalue weighted by molar-refractivity contribution is 5.80. The standard InChI is InChI=1S/C12H8F2N2O/c13-8-1-2-9(15)11(12(8)14)10-5-7(6-17)3-4-16-10/h1-6H,15H2. The van der Waals surface area contributed by atoms with Gasteiger partial charge in [-0.15, -0.1) is 0 Å². The van der Waals surface area contributed by atoms with Crippen LogP contribution < -0.4 is 5.73 Å². The first-order chi connectivity index (χ1) is 8.13. The maximum absolute atomic E-state index is 13.6. The molecule has 0 spiro atoms. The van der Waals surface area contributed by atoms with Crippen LogP contribution in [-0.2, 0) is 0 Å². The fourth-order valence-corrected chi connectivity index (χ4v) is 1.48. The van der Waals surface area contributed by atoms with E-state index in [0.717, 1.165) is 6.07 Å². The summed E-state index contributed by atoms with van der Waals surface area (Å²) in [7, 11) is 0. The van der Waals surface area contributed by atoms with Gasteiger partial charge in [0.25, 0.3) is 0 Å². The Balaban J connectivity index is 2.67. The number of benzene rings is 1. The molecule has 3 nitrogen and oxygen atoms in total. The zero-order valence-corrected chi connectivity index (χ0v) is 8.65. The Morgan fingerprint density at radius 3 is 2.71 bits per heavy atom. The Bertz CT molecular complexity index is 585. The number of hydrogen-bond acceptors (Lipinski definition) is 3. The highest BCUT2D eigenvalue weighted by atomic mass is 19.2. The number of carbonyl (C=O) groups is 1. The molecule has 0 unspecified atom stereocenters. The van der Waals surface area contributed by atoms with E-state index >= 15 is 0 Å². The summed E-state index contributed by atoms with van der Waals surface area (Å²) in [5, 5.41) is 0. The van der Waals surface area contributed by atoms with Crippen LogP contribution in [0.15, 0.2) is 30.5 Å². The summed E-state index contributed by atoms with van der Waals surface area (Å²) < 4.78 is 26.7. The van der Waals surface area contributed by atoms with E-state index in [1.165, 1.54) is 24.4 Å². The molecule has 2 rings (SSSR count). The van der Waals surface area contributed by atoms with Crippen molar-refractivity contribution in [3.63, 3.8) is 0 Å². The monoisotopic (exact) mass is 234 g/mol. The van der Waals surface area contributed by atoms with Crippen LogP contribution in [0.4, 0.5) is 14.5 Å². The molecule has 0 saturated heterocycles. The van der Waals surface area contributed by atoms with Gasteiger partial charge >= 0.3 is 0 Å². The molecule has 1 aromatic carbocycles. The maximum Gasteiger partial charge on any atom is 0.170 e. The minimum Gasteiger partial charge on any atom is -0.398 e. The largest absolute Gasteiger partial charge is 0.398 e. The van der Waals surface area contributed by atoms with E-state index in [1.54, 1.807) is 0 Å². The molecule has 2 N–H and O–H groups in total. The zero-order valence-electron chi connectivity index (χ0n) is 8.65. The molecule has 0 fully saturated rings. The van der Waals surface area contributed by atoms with Crippen LogP contribution in [-0.4, -0.2) is 11.3 Å². The minimum absolute atomic E-state index is 0.0689. The lowest BCUT2D eigenvalue weighted by Gasteiger charge is -2.07. The quantitative estimate of drug-likeness (QED) is 0.641. The third kappa shape index (κ3) is 1.99. The molecule has 86 valence electrons. The number of nitrogen functional groups attached to an aromatic ring is 1. The lowest BCUT2D eigenvalue weighted by Crippen LogP contribution is -1.98. The normalized spacial score (nSPS) is 10.2. The molecule has 0 aliphatic heterocycles. The number of hydrogen-bond donors (Lipinski definition) is 1. The SMILES string of the molecule is Nc1ccc(F)c(F)c1-c1cc(C=O)ccn1. The molecule has 1 heterocycles. The van der Waals surface area contributed by atoms with Crippen molar-refractivity contribution in [1.82, 2.24) is 4.98 Å². The van der Waals surface area contributed by atoms with E-state index in [4.69, 9.17) is 5.73 Å². The van der Waals surface area contributed by atoms with E-state index in [2.05, 4.69) is 4.98 Å². The molecule has 0 radical (unpaired) electrons. The summed E-state index contributed by atoms with van der Waals surface area (Å²) in [6.07, 6.45) is 1.93. The second-order valence-corrected chi connectivity index (χ2v) is 3.42. The van der Waals surface area contributed by atoms with Gasteiger partial charge in [-0.05, 0) is 24.3 Å². The Morgan fingerprint density at radius 2 is 2.00 bits per heavy atom. The van der Waals surface area contributed by atoms with Crippen molar-refractivity contribution in [3.05, 3.63) is 47.7 Å². The van der Waals surface area contributed by atoms with E-state index in [9.17, 15) is 13.6 Å². The van der Waals surface area contributed by atoms with Gasteiger partial charge < -0.3 is 5.73 Å². The van der Waals surface area contributed by atoms with E-state index in [0.29, 0.717) is 11.8 Å². The Kier molecular flexibility index (Phi) is 2.82. The molecule has 17 heavy (non-hydrogen) atoms. The van der Waals surface area contributed by atoms with Crippen LogP contribution in [0.1, 0.15) is 10.4 Å². The molecule has 1 aromatic heterocycles. The van der Waals surface area contributed by atoms with E-state index in [-0.39, 0.29) is 16.9 Å². The van der Waals surface area contributed by atoms with Crippen molar-refractivity contribution in [3.8, 4) is 11.3 Å². The second kappa shape index (κ2) is 4.29. The van der Waals surface area contributed by atoms with E-state index < -0.39 is 11.6 Å². The van der Waals surface area contributed by atoms with Gasteiger partial charge in [-0.2, -0.15) is 0 Å². The van der Waals surface area contributed by atoms with Crippen LogP contribution in [0.5, 0.6) is 0 Å². The lowest BCUT2D eigenvalue weighted by molar-refractivity contribution is 0.112. The van der Waals surface area contributed by atoms with Crippen molar-refractivity contribution in [2.45, 2.75) is 0 Å². The number of halogens is 2. The maximum atomic E-state index is 13.6. The predicted molar refractivity (Wildman–Crippen MR) is 59.4 cm³/mol. The van der Waals surface area contributed by atoms with Crippen molar-refractivity contribution in [2.24, 2.45) is 0 Å². The van der Waals surface area contributed by atoms with Gasteiger partial charge in [0.1, 0.15) is 6.29 Å². The van der Waals surface area contributed by atoms with E-state index in [1.807, 2.05) is 0 Å². The molecule has 0 aliphatic carbocycles. The minimum atomic E-state index is -1.07. The first kappa shape index (κ1) is 11.2. The number of carbonyl (C=O) groups excluding carboxylic acids is 1. The predicted octanol–water partition coefficient (Wildman–Crippen LogP) is 2.42. The number of aromatic nitrogens is 1. The van der Waals surface area contributed by atoms with Gasteiger partial charge in [-0.1, -0.05) is 0 Å². The highest BCUT2D eigenvalue weighted by Crippen LogP contribution is 2.29. The van der Waals surface area contributed by atoms with Gasteiger partial charge in [-0.3, -0.25) is 9.78 Å². The summed E-state index contributed by atoms with van der Waals surface area (Å²) in [5.74, 6) is -2.08. The fourth-order valence-electron chi connectivity index (χ4n) is 1.48. The van der Waals surface area contributed by atoms with Gasteiger partial charge in [-0.25, -0.2) is 8.78 Å². The van der Waals surface area contributed by atoms with Crippen LogP contribution >= 0.6 is 0 Å². The number of pyridine rings is 1. The van der Waals surface area contributed by atoms with Crippen LogP contribution in [0.3, 0.4) is 0 Å². The Hall–Kier alpha value is -2.30. The third-order valence-electron chi connectivity index (χ3n) is 2.30. The molecule has 0 bridgehead atoms. The molecular formula is C12H8F2N2O. The molecular weight excluding hydrogens is 226 g/mol. The van der Waals surface area contributed by atoms with Gasteiger partial charge in [0.15, 0.2) is 11.6 Å². The summed E-state index contributed by atoms with van der Waals surface area (Å²) in [6.45, 7) is 0. The van der Waals surface area contributed by atoms with Crippen molar-refractivity contribution in [2.75, 3.05) is 5.73 Å². The molecule has 0 atom stereocenters. The molecule has 2 aromatic rings. The first-order valence-electron chi connectivity index (χ1n) is 4.78. The topological polar surface area (TPSA) is 56.0 Å². The first-order valence-corrected chi connectivity index (χ1v) is 4.78. The fraction of sp³-hybridized carbons (Fsp3) is 0. The number of anilines is 1. The number of nitrogens with zero attached hydrogens (tertiary/aromatic N) is 1. The Morgan fingerprint density at radius 1 is 1.24 bits per heavy atom. The molecule has 0 amide bonds. The second-order valence-electron chi connectivity index (χ2n) is 3.42. The third-order valence-corrected chi connectivity index (χ3v) is 2.30. The summed E-state index contributed by atoms with van der Waals surface area (Å²) >= 11 is 0. The average Bonchev–Trinajstić information content (AvgIpc) is 2.35. The number of nitrogens with two attached hydrogens (primary N) is 1. The van der Waals surface area contributed by atoms with Gasteiger partial charge in [0.2, 0.25) is 0 Å². The molecule has 5 heteroatoms. The Labute approximate surface area is 95.9 Å². The van der Waals surface area contributed by atoms with Gasteiger partial charge in [0.05, 0.1) is 11.3 Å². The number of rotatable bonds is 2. The van der Waals surface area contributed by atoms with Crippen LogP contribution in [0, 0.1) is 11.6 Å². The zero-order chi connectivity index (χ0) is 12.4. The smallest absolute Gasteiger partial charge is 0.170 e. The highest BCUT2D eigenvalue weighted by Gasteiger charge is 2.15. The van der Waals surface area contributed by atoms with Crippen LogP contribution in [0.25, 0.3) is 11.3 Å². The lowest BCUT2D eigenvalue weighted by atomic mass is 10.1. The summed E-state index contributed by atoms with van der Waals surface area (Å²) in [4.78, 5) is 14.5. The van der Waals surface area contributed by atoms with Crippen LogP contribution in [0.2, 0.25) is 0 Å². The van der Waals surface area contributed by atoms with Crippen molar-refractivity contribution < 1.29 is 13.6 Å². The average molecular weight is 234 g/mol. The van der Waals surface area contributed by atoms with Crippen molar-refractivity contribution in [1.29, 1.82) is 0 Å². The van der Waals surface area contributed by atoms with Crippen molar-refractivity contribution >= 4 is 12.0 Å². The summed E-state index contributed by atoms with van der Waals surface area (Å²) in [5.41, 5.74) is 5.96. The summed E-state index contributed by atoms with van der Waals surface area (Å²) in [6, 6.07) is 5.01. The number of aldehydes is 1.